The van der Waals surface area contributed by atoms with Gasteiger partial charge in [-0.1, -0.05) is 6.08 Å². The van der Waals surface area contributed by atoms with E-state index in [2.05, 4.69) is 17.2 Å². The lowest BCUT2D eigenvalue weighted by Crippen LogP contribution is -2.47. The zero-order valence-corrected chi connectivity index (χ0v) is 10.7. The third kappa shape index (κ3) is 5.18. The molecule has 18 heavy (non-hydrogen) atoms. The number of likely N-dealkylation sites (tertiary alicyclic amines) is 1. The van der Waals surface area contributed by atoms with Gasteiger partial charge in [0.15, 0.2) is 0 Å². The summed E-state index contributed by atoms with van der Waals surface area (Å²) in [4.78, 5) is 24.4. The molecule has 6 heteroatoms. The number of amides is 3. The molecule has 0 aromatic carbocycles. The largest absolute Gasteiger partial charge is 0.352 e. The van der Waals surface area contributed by atoms with Crippen LogP contribution in [0.1, 0.15) is 12.8 Å². The van der Waals surface area contributed by atoms with Crippen molar-refractivity contribution in [1.82, 2.24) is 15.5 Å². The third-order valence-electron chi connectivity index (χ3n) is 3.00. The molecule has 102 valence electrons. The summed E-state index contributed by atoms with van der Waals surface area (Å²) in [5, 5.41) is 5.60. The molecule has 0 spiro atoms. The molecular weight excluding hydrogens is 232 g/mol. The number of hydrogen-bond acceptors (Lipinski definition) is 3. The smallest absolute Gasteiger partial charge is 0.312 e. The van der Waals surface area contributed by atoms with Crippen LogP contribution in [0.5, 0.6) is 0 Å². The Morgan fingerprint density at radius 3 is 2.94 bits per heavy atom. The first-order chi connectivity index (χ1) is 8.63. The number of rotatable bonds is 6. The minimum Gasteiger partial charge on any atom is -0.352 e. The van der Waals surface area contributed by atoms with Gasteiger partial charge in [0.2, 0.25) is 5.91 Å². The van der Waals surface area contributed by atoms with Crippen LogP contribution in [-0.4, -0.2) is 49.6 Å². The van der Waals surface area contributed by atoms with Crippen LogP contribution in [0.2, 0.25) is 0 Å². The fourth-order valence-corrected chi connectivity index (χ4v) is 2.10. The Balaban J connectivity index is 2.30. The number of carbonyl (C=O) groups is 2. The molecule has 1 unspecified atom stereocenters. The van der Waals surface area contributed by atoms with Gasteiger partial charge >= 0.3 is 6.03 Å². The molecule has 3 amide bonds. The van der Waals surface area contributed by atoms with E-state index in [0.717, 1.165) is 19.4 Å². The standard InChI is InChI=1S/C12H22N4O2/c1-2-5-14-8-11(17)16-6-3-4-10(9-16)7-15-12(13)18/h2,10,14H,1,3-9H2,(H3,13,15,18). The Labute approximate surface area is 108 Å². The van der Waals surface area contributed by atoms with Gasteiger partial charge in [0.25, 0.3) is 0 Å². The van der Waals surface area contributed by atoms with E-state index in [-0.39, 0.29) is 5.91 Å². The van der Waals surface area contributed by atoms with Crippen molar-refractivity contribution in [3.63, 3.8) is 0 Å². The summed E-state index contributed by atoms with van der Waals surface area (Å²) in [6.45, 7) is 6.57. The van der Waals surface area contributed by atoms with E-state index in [4.69, 9.17) is 5.73 Å². The zero-order chi connectivity index (χ0) is 13.4. The number of nitrogens with one attached hydrogen (secondary N) is 2. The van der Waals surface area contributed by atoms with Gasteiger partial charge in [-0.05, 0) is 18.8 Å². The van der Waals surface area contributed by atoms with E-state index < -0.39 is 6.03 Å². The molecule has 1 rings (SSSR count). The summed E-state index contributed by atoms with van der Waals surface area (Å²) in [6.07, 6.45) is 3.71. The Bertz CT molecular complexity index is 306. The molecular formula is C12H22N4O2. The number of nitrogens with two attached hydrogens (primary N) is 1. The van der Waals surface area contributed by atoms with Gasteiger partial charge in [-0.25, -0.2) is 4.79 Å². The van der Waals surface area contributed by atoms with Crippen molar-refractivity contribution in [2.24, 2.45) is 11.7 Å². The molecule has 0 bridgehead atoms. The Kier molecular flexibility index (Phi) is 6.21. The van der Waals surface area contributed by atoms with Gasteiger partial charge in [-0.3, -0.25) is 4.79 Å². The van der Waals surface area contributed by atoms with Crippen LogP contribution in [0.25, 0.3) is 0 Å². The zero-order valence-electron chi connectivity index (χ0n) is 10.7. The first kappa shape index (κ1) is 14.5. The topological polar surface area (TPSA) is 87.5 Å². The minimum absolute atomic E-state index is 0.0978. The van der Waals surface area contributed by atoms with Crippen LogP contribution < -0.4 is 16.4 Å². The normalized spacial score (nSPS) is 19.3. The molecule has 0 aromatic rings. The second kappa shape index (κ2) is 7.71. The highest BCUT2D eigenvalue weighted by atomic mass is 16.2. The lowest BCUT2D eigenvalue weighted by molar-refractivity contribution is -0.131. The fraction of sp³-hybridized carbons (Fsp3) is 0.667. The maximum atomic E-state index is 11.9. The first-order valence-corrected chi connectivity index (χ1v) is 6.26. The molecule has 1 saturated heterocycles. The first-order valence-electron chi connectivity index (χ1n) is 6.26. The maximum Gasteiger partial charge on any atom is 0.312 e. The second-order valence-corrected chi connectivity index (χ2v) is 4.51. The summed E-state index contributed by atoms with van der Waals surface area (Å²) >= 11 is 0. The molecule has 1 aliphatic heterocycles. The highest BCUT2D eigenvalue weighted by Crippen LogP contribution is 2.15. The fourth-order valence-electron chi connectivity index (χ4n) is 2.10. The van der Waals surface area contributed by atoms with Gasteiger partial charge in [-0.15, -0.1) is 6.58 Å². The van der Waals surface area contributed by atoms with Gasteiger partial charge in [0.1, 0.15) is 0 Å². The van der Waals surface area contributed by atoms with Crippen LogP contribution in [0, 0.1) is 5.92 Å². The van der Waals surface area contributed by atoms with Crippen molar-refractivity contribution in [2.45, 2.75) is 12.8 Å². The average Bonchev–Trinajstić information content (AvgIpc) is 2.37. The van der Waals surface area contributed by atoms with Crippen molar-refractivity contribution in [2.75, 3.05) is 32.7 Å². The molecule has 0 aliphatic carbocycles. The van der Waals surface area contributed by atoms with Gasteiger partial charge in [0, 0.05) is 26.2 Å². The highest BCUT2D eigenvalue weighted by molar-refractivity contribution is 5.78. The van der Waals surface area contributed by atoms with Crippen molar-refractivity contribution in [3.05, 3.63) is 12.7 Å². The van der Waals surface area contributed by atoms with E-state index in [9.17, 15) is 9.59 Å². The van der Waals surface area contributed by atoms with Crippen molar-refractivity contribution in [3.8, 4) is 0 Å². The number of hydrogen-bond donors (Lipinski definition) is 3. The third-order valence-corrected chi connectivity index (χ3v) is 3.00. The van der Waals surface area contributed by atoms with Crippen molar-refractivity contribution >= 4 is 11.9 Å². The molecule has 6 nitrogen and oxygen atoms in total. The van der Waals surface area contributed by atoms with Gasteiger partial charge in [-0.2, -0.15) is 0 Å². The van der Waals surface area contributed by atoms with Gasteiger partial charge < -0.3 is 21.3 Å². The second-order valence-electron chi connectivity index (χ2n) is 4.51. The molecule has 1 aliphatic rings. The number of nitrogens with zero attached hydrogens (tertiary/aromatic N) is 1. The van der Waals surface area contributed by atoms with Crippen LogP contribution in [0.3, 0.4) is 0 Å². The van der Waals surface area contributed by atoms with E-state index in [1.807, 2.05) is 4.90 Å². The summed E-state index contributed by atoms with van der Waals surface area (Å²) in [6, 6.07) is -0.508. The quantitative estimate of drug-likeness (QED) is 0.448. The molecule has 0 saturated carbocycles. The van der Waals surface area contributed by atoms with Crippen LogP contribution in [-0.2, 0) is 4.79 Å². The Hall–Kier alpha value is -1.56. The number of urea groups is 1. The highest BCUT2D eigenvalue weighted by Gasteiger charge is 2.23. The van der Waals surface area contributed by atoms with Crippen LogP contribution in [0.15, 0.2) is 12.7 Å². The van der Waals surface area contributed by atoms with Crippen LogP contribution >= 0.6 is 0 Å². The SMILES string of the molecule is C=CCNCC(=O)N1CCCC(CNC(N)=O)C1. The van der Waals surface area contributed by atoms with Gasteiger partial charge in [0.05, 0.1) is 6.54 Å². The summed E-state index contributed by atoms with van der Waals surface area (Å²) in [5.74, 6) is 0.398. The van der Waals surface area contributed by atoms with Crippen LogP contribution in [0.4, 0.5) is 4.79 Å². The lowest BCUT2D eigenvalue weighted by Gasteiger charge is -2.32. The summed E-state index contributed by atoms with van der Waals surface area (Å²) < 4.78 is 0. The van der Waals surface area contributed by atoms with E-state index >= 15 is 0 Å². The Morgan fingerprint density at radius 2 is 2.28 bits per heavy atom. The molecule has 0 aromatic heterocycles. The lowest BCUT2D eigenvalue weighted by atomic mass is 9.98. The minimum atomic E-state index is -0.508. The molecule has 1 atom stereocenters. The van der Waals surface area contributed by atoms with E-state index in [0.29, 0.717) is 32.1 Å². The predicted octanol–water partition coefficient (Wildman–Crippen LogP) is -0.331. The van der Waals surface area contributed by atoms with E-state index in [1.165, 1.54) is 0 Å². The van der Waals surface area contributed by atoms with Crippen molar-refractivity contribution < 1.29 is 9.59 Å². The average molecular weight is 254 g/mol. The molecule has 4 N–H and O–H groups in total. The van der Waals surface area contributed by atoms with Crippen molar-refractivity contribution in [1.29, 1.82) is 0 Å². The molecule has 0 radical (unpaired) electrons. The number of primary amides is 1. The number of carbonyl (C=O) groups excluding carboxylic acids is 2. The monoisotopic (exact) mass is 254 g/mol. The summed E-state index contributed by atoms with van der Waals surface area (Å²) in [5.41, 5.74) is 5.04. The Morgan fingerprint density at radius 1 is 1.50 bits per heavy atom. The maximum absolute atomic E-state index is 11.9. The predicted molar refractivity (Wildman–Crippen MR) is 70.0 cm³/mol. The number of piperidine rings is 1. The van der Waals surface area contributed by atoms with E-state index in [1.54, 1.807) is 6.08 Å². The molecule has 1 fully saturated rings. The molecule has 1 heterocycles. The summed E-state index contributed by atoms with van der Waals surface area (Å²) in [7, 11) is 0.